The topological polar surface area (TPSA) is 49.3 Å². The third-order valence-electron chi connectivity index (χ3n) is 2.92. The molecule has 0 amide bonds. The average Bonchev–Trinajstić information content (AvgIpc) is 2.31. The molecule has 0 aromatic heterocycles. The number of halogens is 1. The summed E-state index contributed by atoms with van der Waals surface area (Å²) in [5, 5.41) is 12.2. The highest BCUT2D eigenvalue weighted by atomic mass is 79.9. The Morgan fingerprint density at radius 3 is 2.47 bits per heavy atom. The molecule has 94 valence electrons. The van der Waals surface area contributed by atoms with E-state index in [9.17, 15) is 4.79 Å². The van der Waals surface area contributed by atoms with E-state index in [1.54, 1.807) is 0 Å². The summed E-state index contributed by atoms with van der Waals surface area (Å²) in [4.78, 5) is 11.1. The average molecular weight is 300 g/mol. The van der Waals surface area contributed by atoms with Gasteiger partial charge in [0.1, 0.15) is 6.04 Å². The van der Waals surface area contributed by atoms with Gasteiger partial charge in [0.15, 0.2) is 0 Å². The summed E-state index contributed by atoms with van der Waals surface area (Å²) in [5.74, 6) is -0.653. The third kappa shape index (κ3) is 4.48. The van der Waals surface area contributed by atoms with Crippen molar-refractivity contribution in [1.29, 1.82) is 0 Å². The molecule has 2 unspecified atom stereocenters. The van der Waals surface area contributed by atoms with Crippen molar-refractivity contribution in [3.8, 4) is 0 Å². The van der Waals surface area contributed by atoms with Gasteiger partial charge in [0.05, 0.1) is 0 Å². The van der Waals surface area contributed by atoms with Crippen molar-refractivity contribution in [3.63, 3.8) is 0 Å². The van der Waals surface area contributed by atoms with Crippen LogP contribution in [0.3, 0.4) is 0 Å². The van der Waals surface area contributed by atoms with Gasteiger partial charge in [0.2, 0.25) is 0 Å². The van der Waals surface area contributed by atoms with Crippen molar-refractivity contribution in [2.24, 2.45) is 5.92 Å². The lowest BCUT2D eigenvalue weighted by Crippen LogP contribution is -2.41. The van der Waals surface area contributed by atoms with Crippen LogP contribution >= 0.6 is 15.9 Å². The number of carbonyl (C=O) groups is 1. The summed E-state index contributed by atoms with van der Waals surface area (Å²) in [6.07, 6.45) is 0.851. The summed E-state index contributed by atoms with van der Waals surface area (Å²) in [7, 11) is 0. The van der Waals surface area contributed by atoms with Crippen LogP contribution < -0.4 is 5.32 Å². The maximum absolute atomic E-state index is 11.1. The minimum atomic E-state index is -0.781. The van der Waals surface area contributed by atoms with E-state index >= 15 is 0 Å². The molecule has 0 radical (unpaired) electrons. The predicted molar refractivity (Wildman–Crippen MR) is 71.9 cm³/mol. The second-order valence-electron chi connectivity index (χ2n) is 4.21. The zero-order valence-corrected chi connectivity index (χ0v) is 11.7. The number of hydrogen-bond donors (Lipinski definition) is 2. The highest BCUT2D eigenvalue weighted by molar-refractivity contribution is 9.10. The maximum Gasteiger partial charge on any atom is 0.320 e. The molecule has 2 atom stereocenters. The molecule has 0 bridgehead atoms. The van der Waals surface area contributed by atoms with Gasteiger partial charge < -0.3 is 10.4 Å². The molecule has 17 heavy (non-hydrogen) atoms. The highest BCUT2D eigenvalue weighted by Gasteiger charge is 2.22. The van der Waals surface area contributed by atoms with E-state index in [0.717, 1.165) is 16.5 Å². The van der Waals surface area contributed by atoms with Crippen molar-refractivity contribution < 1.29 is 9.90 Å². The van der Waals surface area contributed by atoms with Gasteiger partial charge in [0, 0.05) is 11.0 Å². The molecule has 0 saturated heterocycles. The molecule has 3 nitrogen and oxygen atoms in total. The number of nitrogens with one attached hydrogen (secondary N) is 1. The highest BCUT2D eigenvalue weighted by Crippen LogP contribution is 2.12. The van der Waals surface area contributed by atoms with Gasteiger partial charge in [-0.2, -0.15) is 0 Å². The van der Waals surface area contributed by atoms with E-state index in [4.69, 9.17) is 5.11 Å². The Labute approximate surface area is 110 Å². The summed E-state index contributed by atoms with van der Waals surface area (Å²) in [6.45, 7) is 4.53. The quantitative estimate of drug-likeness (QED) is 0.849. The van der Waals surface area contributed by atoms with Gasteiger partial charge in [-0.25, -0.2) is 0 Å². The van der Waals surface area contributed by atoms with Gasteiger partial charge in [-0.05, 0) is 23.6 Å². The maximum atomic E-state index is 11.1. The molecule has 1 aromatic rings. The van der Waals surface area contributed by atoms with E-state index in [0.29, 0.717) is 6.54 Å². The minimum absolute atomic E-state index is 0.128. The molecule has 0 heterocycles. The van der Waals surface area contributed by atoms with E-state index in [1.807, 2.05) is 38.1 Å². The molecular formula is C13H18BrNO2. The van der Waals surface area contributed by atoms with E-state index in [-0.39, 0.29) is 5.92 Å². The zero-order valence-electron chi connectivity index (χ0n) is 10.1. The Morgan fingerprint density at radius 2 is 2.00 bits per heavy atom. The smallest absolute Gasteiger partial charge is 0.320 e. The van der Waals surface area contributed by atoms with Crippen molar-refractivity contribution in [2.75, 3.05) is 0 Å². The molecule has 2 N–H and O–H groups in total. The normalized spacial score (nSPS) is 14.3. The van der Waals surface area contributed by atoms with Crippen molar-refractivity contribution >= 4 is 21.9 Å². The van der Waals surface area contributed by atoms with Gasteiger partial charge in [-0.3, -0.25) is 4.79 Å². The summed E-state index contributed by atoms with van der Waals surface area (Å²) in [5.41, 5.74) is 1.09. The standard InChI is InChI=1S/C13H18BrNO2/c1-3-9(2)12(13(16)17)15-8-10-4-6-11(14)7-5-10/h4-7,9,12,15H,3,8H2,1-2H3,(H,16,17). The first-order chi connectivity index (χ1) is 8.04. The van der Waals surface area contributed by atoms with Gasteiger partial charge in [-0.15, -0.1) is 0 Å². The molecule has 0 aliphatic rings. The molecule has 1 aromatic carbocycles. The predicted octanol–water partition coefficient (Wildman–Crippen LogP) is 3.04. The molecule has 0 aliphatic carbocycles. The van der Waals surface area contributed by atoms with Crippen LogP contribution in [0.2, 0.25) is 0 Å². The number of rotatable bonds is 6. The fourth-order valence-electron chi connectivity index (χ4n) is 1.60. The lowest BCUT2D eigenvalue weighted by Gasteiger charge is -2.20. The SMILES string of the molecule is CCC(C)C(NCc1ccc(Br)cc1)C(=O)O. The van der Waals surface area contributed by atoms with Crippen LogP contribution in [0.4, 0.5) is 0 Å². The first-order valence-electron chi connectivity index (χ1n) is 5.75. The van der Waals surface area contributed by atoms with Crippen LogP contribution in [0.1, 0.15) is 25.8 Å². The second kappa shape index (κ2) is 6.77. The number of aliphatic carboxylic acids is 1. The van der Waals surface area contributed by atoms with Crippen molar-refractivity contribution in [3.05, 3.63) is 34.3 Å². The van der Waals surface area contributed by atoms with Gasteiger partial charge in [0.25, 0.3) is 0 Å². The molecule has 0 saturated carbocycles. The molecule has 0 aliphatic heterocycles. The first-order valence-corrected chi connectivity index (χ1v) is 6.54. The fourth-order valence-corrected chi connectivity index (χ4v) is 1.86. The van der Waals surface area contributed by atoms with E-state index < -0.39 is 12.0 Å². The monoisotopic (exact) mass is 299 g/mol. The molecule has 0 spiro atoms. The third-order valence-corrected chi connectivity index (χ3v) is 3.45. The summed E-state index contributed by atoms with van der Waals surface area (Å²) < 4.78 is 1.03. The van der Waals surface area contributed by atoms with Crippen molar-refractivity contribution in [1.82, 2.24) is 5.32 Å². The lowest BCUT2D eigenvalue weighted by atomic mass is 9.99. The summed E-state index contributed by atoms with van der Waals surface area (Å²) >= 11 is 3.37. The number of benzene rings is 1. The van der Waals surface area contributed by atoms with Crippen LogP contribution in [-0.2, 0) is 11.3 Å². The number of carboxylic acid groups (broad SMARTS) is 1. The Balaban J connectivity index is 2.57. The Morgan fingerprint density at radius 1 is 1.41 bits per heavy atom. The molecule has 4 heteroatoms. The largest absolute Gasteiger partial charge is 0.480 e. The Bertz CT molecular complexity index is 364. The Kier molecular flexibility index (Phi) is 5.65. The van der Waals surface area contributed by atoms with E-state index in [2.05, 4.69) is 21.2 Å². The number of carboxylic acids is 1. The van der Waals surface area contributed by atoms with Gasteiger partial charge >= 0.3 is 5.97 Å². The zero-order chi connectivity index (χ0) is 12.8. The van der Waals surface area contributed by atoms with Crippen LogP contribution in [0.25, 0.3) is 0 Å². The van der Waals surface area contributed by atoms with Crippen LogP contribution in [0, 0.1) is 5.92 Å². The number of hydrogen-bond acceptors (Lipinski definition) is 2. The first kappa shape index (κ1) is 14.2. The van der Waals surface area contributed by atoms with Crippen LogP contribution in [0.5, 0.6) is 0 Å². The minimum Gasteiger partial charge on any atom is -0.480 e. The fraction of sp³-hybridized carbons (Fsp3) is 0.462. The van der Waals surface area contributed by atoms with Crippen LogP contribution in [-0.4, -0.2) is 17.1 Å². The van der Waals surface area contributed by atoms with Crippen LogP contribution in [0.15, 0.2) is 28.7 Å². The Hall–Kier alpha value is -0.870. The van der Waals surface area contributed by atoms with Crippen molar-refractivity contribution in [2.45, 2.75) is 32.9 Å². The molecule has 1 rings (SSSR count). The molecule has 0 fully saturated rings. The molecular weight excluding hydrogens is 282 g/mol. The van der Waals surface area contributed by atoms with E-state index in [1.165, 1.54) is 0 Å². The lowest BCUT2D eigenvalue weighted by molar-refractivity contribution is -0.140. The summed E-state index contributed by atoms with van der Waals surface area (Å²) in [6, 6.07) is 7.38. The second-order valence-corrected chi connectivity index (χ2v) is 5.12. The van der Waals surface area contributed by atoms with Gasteiger partial charge in [-0.1, -0.05) is 48.3 Å².